The normalized spacial score (nSPS) is 10.1. The van der Waals surface area contributed by atoms with E-state index in [0.717, 1.165) is 12.0 Å². The van der Waals surface area contributed by atoms with E-state index in [1.54, 1.807) is 36.7 Å². The van der Waals surface area contributed by atoms with Crippen LogP contribution in [0.3, 0.4) is 0 Å². The Kier molecular flexibility index (Phi) is 3.95. The maximum Gasteiger partial charge on any atom is 0.255 e. The summed E-state index contributed by atoms with van der Waals surface area (Å²) in [6.45, 7) is 2.04. The Labute approximate surface area is 111 Å². The molecule has 0 spiro atoms. The van der Waals surface area contributed by atoms with Crippen LogP contribution in [0.5, 0.6) is 0 Å². The van der Waals surface area contributed by atoms with Gasteiger partial charge in [-0.1, -0.05) is 24.6 Å². The Hall–Kier alpha value is -1.87. The topological polar surface area (TPSA) is 42.0 Å². The number of carbonyl (C=O) groups excluding carboxylic acids is 1. The molecule has 0 atom stereocenters. The second-order valence-corrected chi connectivity index (χ2v) is 4.34. The van der Waals surface area contributed by atoms with Gasteiger partial charge in [-0.15, -0.1) is 0 Å². The molecule has 1 heterocycles. The summed E-state index contributed by atoms with van der Waals surface area (Å²) in [5.74, 6) is -0.187. The maximum absolute atomic E-state index is 12.0. The lowest BCUT2D eigenvalue weighted by Crippen LogP contribution is -2.12. The van der Waals surface area contributed by atoms with Gasteiger partial charge < -0.3 is 5.32 Å². The van der Waals surface area contributed by atoms with Crippen LogP contribution in [0.25, 0.3) is 0 Å². The van der Waals surface area contributed by atoms with Crippen molar-refractivity contribution in [3.63, 3.8) is 0 Å². The smallest absolute Gasteiger partial charge is 0.255 e. The zero-order chi connectivity index (χ0) is 13.0. The van der Waals surface area contributed by atoms with Crippen molar-refractivity contribution < 1.29 is 4.79 Å². The average molecular weight is 261 g/mol. The van der Waals surface area contributed by atoms with Crippen molar-refractivity contribution in [1.29, 1.82) is 0 Å². The van der Waals surface area contributed by atoms with E-state index < -0.39 is 0 Å². The van der Waals surface area contributed by atoms with Crippen molar-refractivity contribution >= 4 is 23.2 Å². The van der Waals surface area contributed by atoms with Crippen LogP contribution in [0.4, 0.5) is 5.69 Å². The van der Waals surface area contributed by atoms with E-state index in [1.807, 2.05) is 13.0 Å². The number of nitrogens with one attached hydrogen (secondary N) is 1. The lowest BCUT2D eigenvalue weighted by molar-refractivity contribution is 0.102. The Morgan fingerprint density at radius 2 is 2.17 bits per heavy atom. The molecule has 0 unspecified atom stereocenters. The molecular weight excluding hydrogens is 248 g/mol. The van der Waals surface area contributed by atoms with Crippen molar-refractivity contribution in [2.75, 3.05) is 5.32 Å². The number of rotatable bonds is 3. The van der Waals surface area contributed by atoms with Crippen LogP contribution in [0.1, 0.15) is 22.8 Å². The molecule has 3 nitrogen and oxygen atoms in total. The summed E-state index contributed by atoms with van der Waals surface area (Å²) in [4.78, 5) is 16.0. The van der Waals surface area contributed by atoms with Crippen molar-refractivity contribution in [3.8, 4) is 0 Å². The molecule has 0 aliphatic heterocycles. The highest BCUT2D eigenvalue weighted by molar-refractivity contribution is 6.31. The molecule has 92 valence electrons. The Morgan fingerprint density at radius 1 is 1.33 bits per heavy atom. The van der Waals surface area contributed by atoms with E-state index >= 15 is 0 Å². The number of halogens is 1. The van der Waals surface area contributed by atoms with Gasteiger partial charge in [-0.3, -0.25) is 9.78 Å². The summed E-state index contributed by atoms with van der Waals surface area (Å²) < 4.78 is 0. The number of aryl methyl sites for hydroxylation is 1. The van der Waals surface area contributed by atoms with Crippen LogP contribution in [-0.2, 0) is 6.42 Å². The molecule has 0 saturated heterocycles. The predicted molar refractivity (Wildman–Crippen MR) is 73.0 cm³/mol. The number of hydrogen-bond donors (Lipinski definition) is 1. The highest BCUT2D eigenvalue weighted by atomic mass is 35.5. The molecule has 0 aliphatic carbocycles. The van der Waals surface area contributed by atoms with Gasteiger partial charge in [0.2, 0.25) is 0 Å². The maximum atomic E-state index is 12.0. The first-order chi connectivity index (χ1) is 8.69. The minimum Gasteiger partial charge on any atom is -0.321 e. The molecule has 1 aromatic carbocycles. The summed E-state index contributed by atoms with van der Waals surface area (Å²) in [5, 5.41) is 3.34. The first kappa shape index (κ1) is 12.6. The van der Waals surface area contributed by atoms with E-state index in [1.165, 1.54) is 0 Å². The summed E-state index contributed by atoms with van der Waals surface area (Å²) >= 11 is 5.85. The minimum absolute atomic E-state index is 0.187. The van der Waals surface area contributed by atoms with Crippen LogP contribution >= 0.6 is 11.6 Å². The van der Waals surface area contributed by atoms with Gasteiger partial charge >= 0.3 is 0 Å². The standard InChI is InChI=1S/C14H13ClN2O/c1-2-10-6-13(9-16-8-10)17-14(18)11-4-3-5-12(15)7-11/h3-9H,2H2,1H3,(H,17,18). The Bertz CT molecular complexity index is 569. The number of carbonyl (C=O) groups is 1. The molecule has 1 aromatic heterocycles. The number of anilines is 1. The van der Waals surface area contributed by atoms with E-state index in [9.17, 15) is 4.79 Å². The zero-order valence-electron chi connectivity index (χ0n) is 9.98. The van der Waals surface area contributed by atoms with Gasteiger partial charge in [-0.25, -0.2) is 0 Å². The fraction of sp³-hybridized carbons (Fsp3) is 0.143. The largest absolute Gasteiger partial charge is 0.321 e. The van der Waals surface area contributed by atoms with Crippen LogP contribution in [0.15, 0.2) is 42.7 Å². The SMILES string of the molecule is CCc1cncc(NC(=O)c2cccc(Cl)c2)c1. The van der Waals surface area contributed by atoms with Gasteiger partial charge in [-0.05, 0) is 36.2 Å². The molecule has 0 bridgehead atoms. The van der Waals surface area contributed by atoms with Crippen molar-refractivity contribution in [1.82, 2.24) is 4.98 Å². The van der Waals surface area contributed by atoms with Crippen LogP contribution in [-0.4, -0.2) is 10.9 Å². The van der Waals surface area contributed by atoms with Gasteiger partial charge in [0.25, 0.3) is 5.91 Å². The minimum atomic E-state index is -0.187. The molecular formula is C14H13ClN2O. The summed E-state index contributed by atoms with van der Waals surface area (Å²) in [7, 11) is 0. The lowest BCUT2D eigenvalue weighted by Gasteiger charge is -2.06. The average Bonchev–Trinajstić information content (AvgIpc) is 2.39. The monoisotopic (exact) mass is 260 g/mol. The number of nitrogens with zero attached hydrogens (tertiary/aromatic N) is 1. The van der Waals surface area contributed by atoms with Gasteiger partial charge in [-0.2, -0.15) is 0 Å². The number of amides is 1. The molecule has 2 aromatic rings. The molecule has 0 aliphatic rings. The van der Waals surface area contributed by atoms with Crippen molar-refractivity contribution in [2.24, 2.45) is 0 Å². The molecule has 1 amide bonds. The summed E-state index contributed by atoms with van der Waals surface area (Å²) in [6, 6.07) is 8.75. The van der Waals surface area contributed by atoms with Gasteiger partial charge in [0.15, 0.2) is 0 Å². The van der Waals surface area contributed by atoms with Gasteiger partial charge in [0.05, 0.1) is 11.9 Å². The predicted octanol–water partition coefficient (Wildman–Crippen LogP) is 3.55. The first-order valence-corrected chi connectivity index (χ1v) is 6.07. The van der Waals surface area contributed by atoms with Crippen LogP contribution < -0.4 is 5.32 Å². The third-order valence-electron chi connectivity index (χ3n) is 2.55. The third-order valence-corrected chi connectivity index (χ3v) is 2.78. The zero-order valence-corrected chi connectivity index (χ0v) is 10.7. The second kappa shape index (κ2) is 5.65. The highest BCUT2D eigenvalue weighted by Gasteiger charge is 2.06. The molecule has 4 heteroatoms. The number of benzene rings is 1. The fourth-order valence-corrected chi connectivity index (χ4v) is 1.77. The van der Waals surface area contributed by atoms with E-state index in [4.69, 9.17) is 11.6 Å². The van der Waals surface area contributed by atoms with Gasteiger partial charge in [0, 0.05) is 16.8 Å². The lowest BCUT2D eigenvalue weighted by atomic mass is 10.2. The first-order valence-electron chi connectivity index (χ1n) is 5.70. The second-order valence-electron chi connectivity index (χ2n) is 3.90. The Morgan fingerprint density at radius 3 is 2.89 bits per heavy atom. The molecule has 18 heavy (non-hydrogen) atoms. The number of pyridine rings is 1. The van der Waals surface area contributed by atoms with Crippen LogP contribution in [0, 0.1) is 0 Å². The number of hydrogen-bond acceptors (Lipinski definition) is 2. The number of aromatic nitrogens is 1. The highest BCUT2D eigenvalue weighted by Crippen LogP contribution is 2.14. The summed E-state index contributed by atoms with van der Waals surface area (Å²) in [6.07, 6.45) is 4.30. The molecule has 0 fully saturated rings. The Balaban J connectivity index is 2.16. The molecule has 1 N–H and O–H groups in total. The van der Waals surface area contributed by atoms with E-state index in [2.05, 4.69) is 10.3 Å². The van der Waals surface area contributed by atoms with Crippen molar-refractivity contribution in [2.45, 2.75) is 13.3 Å². The van der Waals surface area contributed by atoms with E-state index in [-0.39, 0.29) is 5.91 Å². The third kappa shape index (κ3) is 3.08. The van der Waals surface area contributed by atoms with Gasteiger partial charge in [0.1, 0.15) is 0 Å². The quantitative estimate of drug-likeness (QED) is 0.917. The van der Waals surface area contributed by atoms with E-state index in [0.29, 0.717) is 16.3 Å². The van der Waals surface area contributed by atoms with Crippen molar-refractivity contribution in [3.05, 3.63) is 58.9 Å². The molecule has 2 rings (SSSR count). The fourth-order valence-electron chi connectivity index (χ4n) is 1.58. The van der Waals surface area contributed by atoms with Crippen LogP contribution in [0.2, 0.25) is 5.02 Å². The summed E-state index contributed by atoms with van der Waals surface area (Å²) in [5.41, 5.74) is 2.31. The molecule has 0 saturated carbocycles. The molecule has 0 radical (unpaired) electrons.